The molecule has 1 fully saturated rings. The molecule has 0 radical (unpaired) electrons. The molecule has 0 saturated heterocycles. The minimum Gasteiger partial charge on any atom is -0.456 e. The Hall–Kier alpha value is -2.53. The number of para-hydroxylation sites is 1. The molecule has 1 spiro atoms. The second-order valence-electron chi connectivity index (χ2n) is 6.78. The molecule has 0 aromatic heterocycles. The summed E-state index contributed by atoms with van der Waals surface area (Å²) in [4.78, 5) is 23.6. The van der Waals surface area contributed by atoms with E-state index in [0.29, 0.717) is 27.8 Å². The Balaban J connectivity index is 1.86. The third kappa shape index (κ3) is 2.82. The fourth-order valence-corrected chi connectivity index (χ4v) is 4.19. The minimum atomic E-state index is -0.494. The van der Waals surface area contributed by atoms with Gasteiger partial charge in [-0.05, 0) is 37.1 Å². The molecule has 2 amide bonds. The zero-order valence-electron chi connectivity index (χ0n) is 14.2. The lowest BCUT2D eigenvalue weighted by Gasteiger charge is -2.43. The standard InChI is InChI=1S/C20H19ClN2O3/c21-14-8-9-16(26-15-7-3-2-6-13(15)12-24)17-18(14)22-19(25)23-20(17)10-4-1-5-11-20/h2-3,6-9,12H,1,4-5,10-11H2,(H2,22,23,25). The van der Waals surface area contributed by atoms with E-state index in [0.717, 1.165) is 44.0 Å². The summed E-state index contributed by atoms with van der Waals surface area (Å²) in [6.07, 6.45) is 5.63. The lowest BCUT2D eigenvalue weighted by Crippen LogP contribution is -2.52. The molecule has 5 nitrogen and oxygen atoms in total. The molecule has 0 bridgehead atoms. The monoisotopic (exact) mass is 370 g/mol. The summed E-state index contributed by atoms with van der Waals surface area (Å²) in [5.41, 5.74) is 1.44. The van der Waals surface area contributed by atoms with Crippen LogP contribution in [0.3, 0.4) is 0 Å². The van der Waals surface area contributed by atoms with Crippen LogP contribution in [0.15, 0.2) is 36.4 Å². The van der Waals surface area contributed by atoms with Crippen LogP contribution in [-0.2, 0) is 5.54 Å². The summed E-state index contributed by atoms with van der Waals surface area (Å²) in [6.45, 7) is 0. The van der Waals surface area contributed by atoms with Gasteiger partial charge in [-0.15, -0.1) is 0 Å². The highest BCUT2D eigenvalue weighted by atomic mass is 35.5. The fraction of sp³-hybridized carbons (Fsp3) is 0.300. The van der Waals surface area contributed by atoms with E-state index in [1.807, 2.05) is 6.07 Å². The normalized spacial score (nSPS) is 17.8. The summed E-state index contributed by atoms with van der Waals surface area (Å²) < 4.78 is 6.14. The van der Waals surface area contributed by atoms with Crippen LogP contribution < -0.4 is 15.4 Å². The number of halogens is 1. The number of benzene rings is 2. The molecule has 26 heavy (non-hydrogen) atoms. The van der Waals surface area contributed by atoms with Gasteiger partial charge in [0.1, 0.15) is 11.5 Å². The molecular formula is C20H19ClN2O3. The number of urea groups is 1. The third-order valence-electron chi connectivity index (χ3n) is 5.16. The predicted octanol–water partition coefficient (Wildman–Crippen LogP) is 5.24. The first-order valence-corrected chi connectivity index (χ1v) is 9.15. The van der Waals surface area contributed by atoms with Crippen molar-refractivity contribution >= 4 is 29.6 Å². The van der Waals surface area contributed by atoms with Gasteiger partial charge in [0.2, 0.25) is 0 Å². The van der Waals surface area contributed by atoms with E-state index in [1.165, 1.54) is 0 Å². The highest BCUT2D eigenvalue weighted by molar-refractivity contribution is 6.34. The Morgan fingerprint density at radius 2 is 1.81 bits per heavy atom. The van der Waals surface area contributed by atoms with Crippen LogP contribution in [0, 0.1) is 0 Å². The van der Waals surface area contributed by atoms with Crippen LogP contribution in [0.5, 0.6) is 11.5 Å². The molecule has 0 atom stereocenters. The maximum atomic E-state index is 12.3. The van der Waals surface area contributed by atoms with E-state index >= 15 is 0 Å². The maximum absolute atomic E-state index is 12.3. The minimum absolute atomic E-state index is 0.244. The number of carbonyl (C=O) groups is 2. The number of anilines is 1. The van der Waals surface area contributed by atoms with Crippen molar-refractivity contribution < 1.29 is 14.3 Å². The molecule has 6 heteroatoms. The number of nitrogens with one attached hydrogen (secondary N) is 2. The molecule has 0 unspecified atom stereocenters. The number of fused-ring (bicyclic) bond motifs is 2. The quantitative estimate of drug-likeness (QED) is 0.726. The van der Waals surface area contributed by atoms with Crippen molar-refractivity contribution in [2.24, 2.45) is 0 Å². The van der Waals surface area contributed by atoms with E-state index < -0.39 is 5.54 Å². The molecule has 2 aromatic rings. The van der Waals surface area contributed by atoms with Gasteiger partial charge in [0.05, 0.1) is 21.8 Å². The first-order valence-electron chi connectivity index (χ1n) is 8.77. The smallest absolute Gasteiger partial charge is 0.319 e. The van der Waals surface area contributed by atoms with Crippen molar-refractivity contribution in [3.63, 3.8) is 0 Å². The summed E-state index contributed by atoms with van der Waals surface area (Å²) in [7, 11) is 0. The zero-order valence-corrected chi connectivity index (χ0v) is 14.9. The zero-order chi connectivity index (χ0) is 18.1. The van der Waals surface area contributed by atoms with Gasteiger partial charge in [-0.1, -0.05) is 43.0 Å². The summed E-state index contributed by atoms with van der Waals surface area (Å²) in [6, 6.07) is 10.3. The van der Waals surface area contributed by atoms with Crippen LogP contribution in [0.1, 0.15) is 48.0 Å². The van der Waals surface area contributed by atoms with E-state index in [4.69, 9.17) is 16.3 Å². The molecular weight excluding hydrogens is 352 g/mol. The van der Waals surface area contributed by atoms with Gasteiger partial charge in [-0.25, -0.2) is 4.79 Å². The first kappa shape index (κ1) is 16.9. The van der Waals surface area contributed by atoms with Gasteiger partial charge in [-0.2, -0.15) is 0 Å². The number of carbonyl (C=O) groups excluding carboxylic acids is 2. The summed E-state index contributed by atoms with van der Waals surface area (Å²) >= 11 is 6.39. The van der Waals surface area contributed by atoms with E-state index in [2.05, 4.69) is 10.6 Å². The average Bonchev–Trinajstić information content (AvgIpc) is 2.65. The topological polar surface area (TPSA) is 67.4 Å². The van der Waals surface area contributed by atoms with Crippen molar-refractivity contribution in [1.29, 1.82) is 0 Å². The SMILES string of the molecule is O=Cc1ccccc1Oc1ccc(Cl)c2c1C1(CCCCC1)NC(=O)N2. The van der Waals surface area contributed by atoms with Gasteiger partial charge >= 0.3 is 6.03 Å². The number of aldehydes is 1. The largest absolute Gasteiger partial charge is 0.456 e. The van der Waals surface area contributed by atoms with E-state index in [1.54, 1.807) is 30.3 Å². The van der Waals surface area contributed by atoms with Crippen molar-refractivity contribution in [3.05, 3.63) is 52.5 Å². The van der Waals surface area contributed by atoms with Crippen LogP contribution in [0.4, 0.5) is 10.5 Å². The lowest BCUT2D eigenvalue weighted by molar-refractivity contribution is 0.112. The molecule has 2 aliphatic rings. The van der Waals surface area contributed by atoms with Crippen molar-refractivity contribution in [1.82, 2.24) is 5.32 Å². The number of hydrogen-bond donors (Lipinski definition) is 2. The number of hydrogen-bond acceptors (Lipinski definition) is 3. The summed E-state index contributed by atoms with van der Waals surface area (Å²) in [5.74, 6) is 1.09. The van der Waals surface area contributed by atoms with Crippen LogP contribution in [0.25, 0.3) is 0 Å². The van der Waals surface area contributed by atoms with Gasteiger partial charge < -0.3 is 15.4 Å². The highest BCUT2D eigenvalue weighted by Crippen LogP contribution is 2.50. The molecule has 1 heterocycles. The van der Waals surface area contributed by atoms with Crippen LogP contribution >= 0.6 is 11.6 Å². The summed E-state index contributed by atoms with van der Waals surface area (Å²) in [5, 5.41) is 6.42. The third-order valence-corrected chi connectivity index (χ3v) is 5.47. The van der Waals surface area contributed by atoms with Crippen molar-refractivity contribution in [2.45, 2.75) is 37.6 Å². The maximum Gasteiger partial charge on any atom is 0.319 e. The van der Waals surface area contributed by atoms with E-state index in [9.17, 15) is 9.59 Å². The Kier molecular flexibility index (Phi) is 4.32. The molecule has 1 saturated carbocycles. The van der Waals surface area contributed by atoms with Crippen molar-refractivity contribution in [2.75, 3.05) is 5.32 Å². The molecule has 4 rings (SSSR count). The second kappa shape index (κ2) is 6.65. The predicted molar refractivity (Wildman–Crippen MR) is 100 cm³/mol. The van der Waals surface area contributed by atoms with Gasteiger partial charge in [-0.3, -0.25) is 4.79 Å². The molecule has 2 N–H and O–H groups in total. The Labute approximate surface area is 156 Å². The Morgan fingerprint density at radius 1 is 1.04 bits per heavy atom. The number of ether oxygens (including phenoxy) is 1. The van der Waals surface area contributed by atoms with Crippen LogP contribution in [0.2, 0.25) is 5.02 Å². The second-order valence-corrected chi connectivity index (χ2v) is 7.18. The first-order chi connectivity index (χ1) is 12.6. The van der Waals surface area contributed by atoms with Crippen LogP contribution in [-0.4, -0.2) is 12.3 Å². The van der Waals surface area contributed by atoms with Gasteiger partial charge in [0, 0.05) is 5.56 Å². The number of amides is 2. The average molecular weight is 371 g/mol. The van der Waals surface area contributed by atoms with E-state index in [-0.39, 0.29) is 6.03 Å². The Morgan fingerprint density at radius 3 is 2.58 bits per heavy atom. The molecule has 2 aromatic carbocycles. The Bertz CT molecular complexity index is 875. The van der Waals surface area contributed by atoms with Gasteiger partial charge in [0.25, 0.3) is 0 Å². The lowest BCUT2D eigenvalue weighted by atomic mass is 9.74. The fourth-order valence-electron chi connectivity index (χ4n) is 3.98. The molecule has 1 aliphatic heterocycles. The molecule has 134 valence electrons. The number of rotatable bonds is 3. The van der Waals surface area contributed by atoms with Crippen molar-refractivity contribution in [3.8, 4) is 11.5 Å². The molecule has 1 aliphatic carbocycles. The highest BCUT2D eigenvalue weighted by Gasteiger charge is 2.43. The van der Waals surface area contributed by atoms with Gasteiger partial charge in [0.15, 0.2) is 6.29 Å².